The summed E-state index contributed by atoms with van der Waals surface area (Å²) in [5.74, 6) is -2.58. The average molecular weight is 662 g/mol. The van der Waals surface area contributed by atoms with E-state index in [1.165, 1.54) is 24.9 Å². The highest BCUT2D eigenvalue weighted by Gasteiger charge is 2.59. The van der Waals surface area contributed by atoms with Crippen molar-refractivity contribution in [3.8, 4) is 5.75 Å². The van der Waals surface area contributed by atoms with Gasteiger partial charge in [-0.1, -0.05) is 45.9 Å². The molecule has 1 fully saturated rings. The van der Waals surface area contributed by atoms with Crippen molar-refractivity contribution >= 4 is 37.0 Å². The maximum absolute atomic E-state index is 14.2. The van der Waals surface area contributed by atoms with Gasteiger partial charge in [-0.2, -0.15) is 10.2 Å². The molecule has 0 radical (unpaired) electrons. The molecule has 3 aromatic rings. The van der Waals surface area contributed by atoms with Gasteiger partial charge in [-0.25, -0.2) is 14.1 Å². The van der Waals surface area contributed by atoms with Gasteiger partial charge in [0.2, 0.25) is 0 Å². The summed E-state index contributed by atoms with van der Waals surface area (Å²) in [7, 11) is -3.16. The van der Waals surface area contributed by atoms with Crippen LogP contribution >= 0.6 is 7.75 Å². The maximum atomic E-state index is 14.2. The number of carbonyl (C=O) groups is 3. The molecule has 0 spiro atoms. The Labute approximate surface area is 266 Å². The van der Waals surface area contributed by atoms with Crippen LogP contribution < -0.4 is 15.3 Å². The van der Waals surface area contributed by atoms with Crippen molar-refractivity contribution in [2.75, 3.05) is 19.5 Å². The van der Waals surface area contributed by atoms with Crippen LogP contribution in [0.2, 0.25) is 0 Å². The van der Waals surface area contributed by atoms with Gasteiger partial charge in [-0.3, -0.25) is 18.9 Å². The molecule has 2 aromatic heterocycles. The van der Waals surface area contributed by atoms with Gasteiger partial charge in [0.1, 0.15) is 35.3 Å². The van der Waals surface area contributed by atoms with E-state index in [4.69, 9.17) is 33.7 Å². The summed E-state index contributed by atoms with van der Waals surface area (Å²) in [4.78, 5) is 42.3. The molecule has 1 aliphatic rings. The van der Waals surface area contributed by atoms with Crippen LogP contribution in [-0.4, -0.2) is 70.1 Å². The third-order valence-corrected chi connectivity index (χ3v) is 8.86. The summed E-state index contributed by atoms with van der Waals surface area (Å²) < 4.78 is 50.6. The molecule has 0 unspecified atom stereocenters. The number of anilines is 1. The molecule has 15 nitrogen and oxygen atoms in total. The van der Waals surface area contributed by atoms with Gasteiger partial charge < -0.3 is 29.2 Å². The lowest BCUT2D eigenvalue weighted by atomic mass is 9.95. The molecule has 4 rings (SSSR count). The first-order valence-electron chi connectivity index (χ1n) is 14.7. The van der Waals surface area contributed by atoms with E-state index in [-0.39, 0.29) is 11.6 Å². The smallest absolute Gasteiger partial charge is 0.459 e. The normalized spacial score (nSPS) is 23.2. The number of aromatic nitrogens is 3. The quantitative estimate of drug-likeness (QED) is 0.153. The van der Waals surface area contributed by atoms with Crippen LogP contribution in [0.1, 0.15) is 53.3 Å². The van der Waals surface area contributed by atoms with E-state index in [9.17, 15) is 18.9 Å². The number of benzene rings is 1. The Balaban J connectivity index is 1.77. The number of nitrogens with zero attached hydrogens (tertiary/aromatic N) is 3. The van der Waals surface area contributed by atoms with Crippen LogP contribution in [0.15, 0.2) is 48.8 Å². The second-order valence-corrected chi connectivity index (χ2v) is 13.4. The molecule has 6 atom stereocenters. The van der Waals surface area contributed by atoms with E-state index in [2.05, 4.69) is 15.2 Å². The zero-order valence-electron chi connectivity index (χ0n) is 26.7. The molecule has 16 heteroatoms. The van der Waals surface area contributed by atoms with Gasteiger partial charge in [-0.05, 0) is 38.1 Å². The third kappa shape index (κ3) is 7.66. The van der Waals surface area contributed by atoms with E-state index < -0.39 is 74.1 Å². The highest BCUT2D eigenvalue weighted by molar-refractivity contribution is 7.52. The van der Waals surface area contributed by atoms with Crippen LogP contribution in [0, 0.1) is 11.8 Å². The molecule has 0 aliphatic carbocycles. The Kier molecular flexibility index (Phi) is 10.7. The number of esters is 3. The molecule has 46 heavy (non-hydrogen) atoms. The summed E-state index contributed by atoms with van der Waals surface area (Å²) in [6.45, 7) is 9.11. The van der Waals surface area contributed by atoms with Crippen LogP contribution in [-0.2, 0) is 42.4 Å². The highest BCUT2D eigenvalue weighted by atomic mass is 31.2. The van der Waals surface area contributed by atoms with Crippen molar-refractivity contribution < 1.29 is 46.9 Å². The standard InChI is InChI=1S/C30H40N5O10P/c1-17(2)27(36)42-24-23(21-13-14-22-26(31)32-16-33-35(21)22)44-30(6,25(24)43-28(37)18(3)4)15-41-46(39,34-19(5)29(38)40-7)45-20-11-9-8-10-12-20/h8-14,16-19,23-25H,15H2,1-7H3,(H,34,39)(H2,31,32,33)/t19-,23-,24-,25-,30+,46-/m0/s1. The van der Waals surface area contributed by atoms with Crippen molar-refractivity contribution in [3.05, 3.63) is 54.5 Å². The average Bonchev–Trinajstić information content (AvgIpc) is 3.56. The Morgan fingerprint density at radius 3 is 2.30 bits per heavy atom. The number of hydrogen-bond acceptors (Lipinski definition) is 13. The molecule has 250 valence electrons. The number of para-hydroxylation sites is 1. The summed E-state index contributed by atoms with van der Waals surface area (Å²) >= 11 is 0. The summed E-state index contributed by atoms with van der Waals surface area (Å²) in [6.07, 6.45) is -2.26. The largest absolute Gasteiger partial charge is 0.468 e. The molecule has 0 saturated carbocycles. The summed E-state index contributed by atoms with van der Waals surface area (Å²) in [5, 5.41) is 6.88. The van der Waals surface area contributed by atoms with Gasteiger partial charge >= 0.3 is 25.7 Å². The molecule has 0 bridgehead atoms. The summed E-state index contributed by atoms with van der Waals surface area (Å²) in [5.41, 5.74) is 5.36. The fraction of sp³-hybridized carbons (Fsp3) is 0.500. The molecule has 1 aromatic carbocycles. The lowest BCUT2D eigenvalue weighted by Crippen LogP contribution is -2.49. The van der Waals surface area contributed by atoms with E-state index in [1.54, 1.807) is 77.1 Å². The maximum Gasteiger partial charge on any atom is 0.459 e. The number of carbonyl (C=O) groups excluding carboxylic acids is 3. The van der Waals surface area contributed by atoms with Crippen molar-refractivity contribution in [2.45, 2.75) is 71.5 Å². The minimum atomic E-state index is -4.35. The molecule has 1 aliphatic heterocycles. The van der Waals surface area contributed by atoms with Gasteiger partial charge in [0.05, 0.1) is 31.2 Å². The van der Waals surface area contributed by atoms with Gasteiger partial charge in [-0.15, -0.1) is 0 Å². The Morgan fingerprint density at radius 1 is 1.02 bits per heavy atom. The molecule has 1 saturated heterocycles. The number of nitrogens with one attached hydrogen (secondary N) is 1. The first-order chi connectivity index (χ1) is 21.7. The van der Waals surface area contributed by atoms with Gasteiger partial charge in [0, 0.05) is 0 Å². The Hall–Kier alpha value is -4.04. The fourth-order valence-corrected chi connectivity index (χ4v) is 6.29. The number of rotatable bonds is 13. The second kappa shape index (κ2) is 14.2. The van der Waals surface area contributed by atoms with Crippen LogP contribution in [0.5, 0.6) is 5.75 Å². The SMILES string of the molecule is COC(=O)[C@H](C)N[P@](=O)(OC[C@@]1(C)O[C@@H](c2ccc3c(N)ncnn23)[C@H](OC(=O)C(C)C)[C@@H]1OC(=O)C(C)C)Oc1ccccc1. The van der Waals surface area contributed by atoms with Crippen LogP contribution in [0.25, 0.3) is 5.52 Å². The second-order valence-electron chi connectivity index (χ2n) is 11.7. The number of nitrogens with two attached hydrogens (primary N) is 1. The molecule has 3 N–H and O–H groups in total. The molecular weight excluding hydrogens is 621 g/mol. The highest BCUT2D eigenvalue weighted by Crippen LogP contribution is 2.50. The first kappa shape index (κ1) is 34.8. The van der Waals surface area contributed by atoms with Crippen LogP contribution in [0.4, 0.5) is 5.82 Å². The van der Waals surface area contributed by atoms with Crippen LogP contribution in [0.3, 0.4) is 0 Å². The molecule has 0 amide bonds. The molecule has 3 heterocycles. The predicted octanol–water partition coefficient (Wildman–Crippen LogP) is 3.63. The third-order valence-electron chi connectivity index (χ3n) is 7.23. The summed E-state index contributed by atoms with van der Waals surface area (Å²) in [6, 6.07) is 10.5. The van der Waals surface area contributed by atoms with Crippen molar-refractivity contribution in [1.29, 1.82) is 0 Å². The number of methoxy groups -OCH3 is 1. The lowest BCUT2D eigenvalue weighted by Gasteiger charge is -2.33. The van der Waals surface area contributed by atoms with Crippen molar-refractivity contribution in [3.63, 3.8) is 0 Å². The van der Waals surface area contributed by atoms with Crippen molar-refractivity contribution in [1.82, 2.24) is 19.7 Å². The minimum absolute atomic E-state index is 0.189. The number of ether oxygens (including phenoxy) is 4. The topological polar surface area (TPSA) is 192 Å². The van der Waals surface area contributed by atoms with E-state index in [0.29, 0.717) is 11.2 Å². The Bertz CT molecular complexity index is 1600. The van der Waals surface area contributed by atoms with E-state index in [0.717, 1.165) is 0 Å². The number of fused-ring (bicyclic) bond motifs is 1. The predicted molar refractivity (Wildman–Crippen MR) is 164 cm³/mol. The monoisotopic (exact) mass is 661 g/mol. The Morgan fingerprint density at radius 2 is 1.67 bits per heavy atom. The molecular formula is C30H40N5O10P. The van der Waals surface area contributed by atoms with Gasteiger partial charge in [0.25, 0.3) is 0 Å². The fourth-order valence-electron chi connectivity index (χ4n) is 4.70. The minimum Gasteiger partial charge on any atom is -0.468 e. The number of hydrogen-bond donors (Lipinski definition) is 2. The zero-order chi connectivity index (χ0) is 33.8. The van der Waals surface area contributed by atoms with Crippen molar-refractivity contribution in [2.24, 2.45) is 11.8 Å². The van der Waals surface area contributed by atoms with E-state index in [1.807, 2.05) is 0 Å². The van der Waals surface area contributed by atoms with Gasteiger partial charge in [0.15, 0.2) is 18.0 Å². The zero-order valence-corrected chi connectivity index (χ0v) is 27.6. The first-order valence-corrected chi connectivity index (χ1v) is 16.2. The van der Waals surface area contributed by atoms with E-state index >= 15 is 0 Å². The number of nitrogen functional groups attached to an aromatic ring is 1. The lowest BCUT2D eigenvalue weighted by molar-refractivity contribution is -0.175.